The predicted molar refractivity (Wildman–Crippen MR) is 147 cm³/mol. The molecular formula is C29H24N4O4S. The van der Waals surface area contributed by atoms with Crippen molar-refractivity contribution in [3.8, 4) is 5.75 Å². The molecule has 1 unspecified atom stereocenters. The van der Waals surface area contributed by atoms with Crippen molar-refractivity contribution < 1.29 is 19.8 Å². The number of phenolic OH excluding ortho intramolecular Hbond substituents is 1. The number of aryl methyl sites for hydroxylation is 4. The molecule has 2 N–H and O–H groups in total. The fourth-order valence-corrected chi connectivity index (χ4v) is 6.34. The molecule has 1 saturated heterocycles. The van der Waals surface area contributed by atoms with E-state index in [4.69, 9.17) is 4.98 Å². The number of carbonyl (C=O) groups is 2. The van der Waals surface area contributed by atoms with Gasteiger partial charge in [-0.2, -0.15) is 0 Å². The van der Waals surface area contributed by atoms with Gasteiger partial charge in [0.1, 0.15) is 17.1 Å². The third-order valence-corrected chi connectivity index (χ3v) is 7.96. The third-order valence-electron chi connectivity index (χ3n) is 6.96. The van der Waals surface area contributed by atoms with Crippen LogP contribution in [0.25, 0.3) is 21.6 Å². The normalized spacial score (nSPS) is 17.3. The van der Waals surface area contributed by atoms with Crippen molar-refractivity contribution in [3.05, 3.63) is 93.9 Å². The van der Waals surface area contributed by atoms with Gasteiger partial charge in [-0.15, -0.1) is 0 Å². The minimum absolute atomic E-state index is 0.0246. The van der Waals surface area contributed by atoms with Gasteiger partial charge in [0.25, 0.3) is 5.78 Å². The Morgan fingerprint density at radius 2 is 1.76 bits per heavy atom. The molecule has 190 valence electrons. The first-order valence-corrected chi connectivity index (χ1v) is 12.9. The number of hydrogen-bond donors (Lipinski definition) is 2. The van der Waals surface area contributed by atoms with E-state index in [1.807, 2.05) is 55.6 Å². The second-order valence-electron chi connectivity index (χ2n) is 9.62. The van der Waals surface area contributed by atoms with E-state index in [1.165, 1.54) is 28.4 Å². The van der Waals surface area contributed by atoms with Crippen LogP contribution in [0.5, 0.6) is 5.75 Å². The number of amides is 1. The number of thiazole rings is 1. The van der Waals surface area contributed by atoms with Crippen molar-refractivity contribution in [3.63, 3.8) is 0 Å². The molecule has 1 fully saturated rings. The molecule has 1 aliphatic rings. The summed E-state index contributed by atoms with van der Waals surface area (Å²) in [5.41, 5.74) is 5.54. The number of aromatic nitrogens is 3. The van der Waals surface area contributed by atoms with Crippen molar-refractivity contribution in [2.75, 3.05) is 4.90 Å². The maximum Gasteiger partial charge on any atom is 0.301 e. The summed E-state index contributed by atoms with van der Waals surface area (Å²) in [6, 6.07) is 13.1. The number of imidazole rings is 1. The number of aromatic hydroxyl groups is 1. The van der Waals surface area contributed by atoms with Gasteiger partial charge in [-0.25, -0.2) is 9.97 Å². The van der Waals surface area contributed by atoms with Crippen LogP contribution in [0, 0.1) is 27.7 Å². The van der Waals surface area contributed by atoms with Gasteiger partial charge in [0.05, 0.1) is 27.5 Å². The molecule has 2 aromatic carbocycles. The molecule has 1 aliphatic heterocycles. The number of carbonyl (C=O) groups excluding carboxylic acids is 2. The Kier molecular flexibility index (Phi) is 5.36. The number of nitrogens with zero attached hydrogens (tertiary/aromatic N) is 4. The Morgan fingerprint density at radius 1 is 0.974 bits per heavy atom. The predicted octanol–water partition coefficient (Wildman–Crippen LogP) is 5.51. The molecule has 0 bridgehead atoms. The second kappa shape index (κ2) is 8.53. The van der Waals surface area contributed by atoms with Crippen LogP contribution in [0.3, 0.4) is 0 Å². The molecule has 0 saturated carbocycles. The molecular weight excluding hydrogens is 500 g/mol. The molecule has 5 aromatic rings. The lowest BCUT2D eigenvalue weighted by Crippen LogP contribution is -2.29. The summed E-state index contributed by atoms with van der Waals surface area (Å²) in [6.07, 6.45) is 1.83. The molecule has 6 rings (SSSR count). The highest BCUT2D eigenvalue weighted by molar-refractivity contribution is 7.22. The molecule has 1 amide bonds. The minimum Gasteiger partial charge on any atom is -0.508 e. The molecule has 0 radical (unpaired) electrons. The number of Topliss-reactive ketones (excluding diaryl/α,β-unsaturated/α-hetero) is 1. The number of aliphatic hydroxyl groups is 1. The van der Waals surface area contributed by atoms with Crippen molar-refractivity contribution in [1.82, 2.24) is 14.4 Å². The van der Waals surface area contributed by atoms with Gasteiger partial charge < -0.3 is 14.6 Å². The van der Waals surface area contributed by atoms with Crippen LogP contribution in [0.4, 0.5) is 5.13 Å². The number of pyridine rings is 1. The highest BCUT2D eigenvalue weighted by Gasteiger charge is 2.48. The Hall–Kier alpha value is -4.50. The Labute approximate surface area is 222 Å². The van der Waals surface area contributed by atoms with Crippen LogP contribution in [-0.2, 0) is 9.59 Å². The molecule has 8 nitrogen and oxygen atoms in total. The third kappa shape index (κ3) is 3.50. The SMILES string of the molecule is Cc1cc(C)c2nc(N3C(=O)C(=O)/C(=C(/O)c4nc5c(C)cccn5c4C)C3c3cccc(O)c3)sc2c1. The average molecular weight is 525 g/mol. The molecule has 38 heavy (non-hydrogen) atoms. The van der Waals surface area contributed by atoms with Gasteiger partial charge in [-0.1, -0.05) is 35.6 Å². The van der Waals surface area contributed by atoms with E-state index in [0.717, 1.165) is 26.9 Å². The maximum atomic E-state index is 13.6. The van der Waals surface area contributed by atoms with E-state index in [2.05, 4.69) is 4.98 Å². The summed E-state index contributed by atoms with van der Waals surface area (Å²) in [5, 5.41) is 22.2. The average Bonchev–Trinajstić information content (AvgIpc) is 3.52. The summed E-state index contributed by atoms with van der Waals surface area (Å²) in [7, 11) is 0. The van der Waals surface area contributed by atoms with Crippen molar-refractivity contribution in [2.24, 2.45) is 0 Å². The smallest absolute Gasteiger partial charge is 0.301 e. The Morgan fingerprint density at radius 3 is 2.50 bits per heavy atom. The van der Waals surface area contributed by atoms with Gasteiger partial charge in [0.2, 0.25) is 0 Å². The zero-order valence-corrected chi connectivity index (χ0v) is 22.0. The summed E-state index contributed by atoms with van der Waals surface area (Å²) < 4.78 is 2.73. The van der Waals surface area contributed by atoms with E-state index in [0.29, 0.717) is 22.0 Å². The van der Waals surface area contributed by atoms with Gasteiger partial charge >= 0.3 is 5.91 Å². The van der Waals surface area contributed by atoms with Crippen molar-refractivity contribution in [1.29, 1.82) is 0 Å². The van der Waals surface area contributed by atoms with Crippen LogP contribution >= 0.6 is 11.3 Å². The monoisotopic (exact) mass is 524 g/mol. The lowest BCUT2D eigenvalue weighted by molar-refractivity contribution is -0.132. The van der Waals surface area contributed by atoms with Crippen LogP contribution in [0.1, 0.15) is 39.7 Å². The van der Waals surface area contributed by atoms with Crippen molar-refractivity contribution >= 4 is 49.8 Å². The van der Waals surface area contributed by atoms with Crippen LogP contribution in [0.2, 0.25) is 0 Å². The van der Waals surface area contributed by atoms with Crippen LogP contribution in [-0.4, -0.2) is 36.3 Å². The largest absolute Gasteiger partial charge is 0.508 e. The highest BCUT2D eigenvalue weighted by Crippen LogP contribution is 2.45. The lowest BCUT2D eigenvalue weighted by atomic mass is 9.96. The zero-order valence-electron chi connectivity index (χ0n) is 21.2. The maximum absolute atomic E-state index is 13.6. The van der Waals surface area contributed by atoms with Gasteiger partial charge in [0, 0.05) is 6.20 Å². The second-order valence-corrected chi connectivity index (χ2v) is 10.6. The quantitative estimate of drug-likeness (QED) is 0.183. The summed E-state index contributed by atoms with van der Waals surface area (Å²) in [4.78, 5) is 37.8. The van der Waals surface area contributed by atoms with E-state index in [1.54, 1.807) is 19.1 Å². The number of fused-ring (bicyclic) bond motifs is 2. The minimum atomic E-state index is -1.01. The molecule has 0 aliphatic carbocycles. The standard InChI is InChI=1S/C29H24N4O4S/c1-14-11-16(3)22-20(12-14)38-29(31-22)33-24(18-8-5-9-19(34)13-18)21(26(36)28(33)37)25(35)23-17(4)32-10-6-7-15(2)27(32)30-23/h5-13,24,34-35H,1-4H3/b25-21+. The molecule has 1 atom stereocenters. The fourth-order valence-electron chi connectivity index (χ4n) is 5.18. The number of aliphatic hydroxyl groups excluding tert-OH is 1. The number of hydrogen-bond acceptors (Lipinski definition) is 7. The Bertz CT molecular complexity index is 1850. The Balaban J connectivity index is 1.61. The summed E-state index contributed by atoms with van der Waals surface area (Å²) >= 11 is 1.31. The number of anilines is 1. The number of phenols is 1. The topological polar surface area (TPSA) is 108 Å². The van der Waals surface area contributed by atoms with E-state index >= 15 is 0 Å². The number of ketones is 1. The number of benzene rings is 2. The first-order valence-electron chi connectivity index (χ1n) is 12.1. The van der Waals surface area contributed by atoms with E-state index in [-0.39, 0.29) is 22.8 Å². The summed E-state index contributed by atoms with van der Waals surface area (Å²) in [6.45, 7) is 7.65. The summed E-state index contributed by atoms with van der Waals surface area (Å²) in [5.74, 6) is -2.03. The molecule has 3 aromatic heterocycles. The van der Waals surface area contributed by atoms with Crippen LogP contribution < -0.4 is 4.90 Å². The van der Waals surface area contributed by atoms with Gasteiger partial charge in [-0.3, -0.25) is 14.5 Å². The number of rotatable bonds is 3. The fraction of sp³-hybridized carbons (Fsp3) is 0.172. The van der Waals surface area contributed by atoms with E-state index < -0.39 is 17.7 Å². The van der Waals surface area contributed by atoms with Crippen molar-refractivity contribution in [2.45, 2.75) is 33.7 Å². The van der Waals surface area contributed by atoms with Gasteiger partial charge in [0.15, 0.2) is 10.9 Å². The zero-order chi connectivity index (χ0) is 26.9. The molecule has 0 spiro atoms. The van der Waals surface area contributed by atoms with E-state index in [9.17, 15) is 19.8 Å². The molecule has 9 heteroatoms. The first-order chi connectivity index (χ1) is 18.2. The lowest BCUT2D eigenvalue weighted by Gasteiger charge is -2.22. The van der Waals surface area contributed by atoms with Crippen LogP contribution in [0.15, 0.2) is 60.3 Å². The van der Waals surface area contributed by atoms with Gasteiger partial charge in [-0.05, 0) is 74.2 Å². The first kappa shape index (κ1) is 23.9. The molecule has 4 heterocycles. The highest BCUT2D eigenvalue weighted by atomic mass is 32.1.